The van der Waals surface area contributed by atoms with E-state index in [1.54, 1.807) is 0 Å². The van der Waals surface area contributed by atoms with Gasteiger partial charge >= 0.3 is 0 Å². The largest absolute Gasteiger partial charge is 0.490 e. The summed E-state index contributed by atoms with van der Waals surface area (Å²) in [6.07, 6.45) is 13.2. The number of hydrogen-bond donors (Lipinski definition) is 0. The number of unbranched alkanes of at least 4 members (excludes halogenated alkanes) is 4. The first-order chi connectivity index (χ1) is 13.2. The third-order valence-corrected chi connectivity index (χ3v) is 5.67. The molecule has 1 aliphatic carbocycles. The van der Waals surface area contributed by atoms with Crippen molar-refractivity contribution in [2.75, 3.05) is 13.2 Å². The molecule has 4 heteroatoms. The maximum atomic E-state index is 14.2. The van der Waals surface area contributed by atoms with Crippen LogP contribution >= 0.6 is 0 Å². The van der Waals surface area contributed by atoms with Crippen molar-refractivity contribution >= 4 is 0 Å². The summed E-state index contributed by atoms with van der Waals surface area (Å²) in [5.74, 6) is -0.631. The van der Waals surface area contributed by atoms with E-state index in [4.69, 9.17) is 9.47 Å². The lowest BCUT2D eigenvalue weighted by Crippen LogP contribution is -2.20. The highest BCUT2D eigenvalue weighted by Crippen LogP contribution is 2.33. The fourth-order valence-corrected chi connectivity index (χ4v) is 3.82. The molecule has 0 radical (unpaired) electrons. The third kappa shape index (κ3) is 7.31. The van der Waals surface area contributed by atoms with Crippen LogP contribution in [-0.4, -0.2) is 13.2 Å². The predicted molar refractivity (Wildman–Crippen MR) is 106 cm³/mol. The summed E-state index contributed by atoms with van der Waals surface area (Å²) in [6.45, 7) is 5.13. The van der Waals surface area contributed by atoms with Crippen molar-refractivity contribution < 1.29 is 18.3 Å². The Morgan fingerprint density at radius 1 is 0.778 bits per heavy atom. The Morgan fingerprint density at radius 3 is 2.00 bits per heavy atom. The van der Waals surface area contributed by atoms with Crippen LogP contribution in [-0.2, 0) is 0 Å². The average molecular weight is 383 g/mol. The van der Waals surface area contributed by atoms with Crippen LogP contribution in [0.3, 0.4) is 0 Å². The van der Waals surface area contributed by atoms with E-state index in [0.717, 1.165) is 31.6 Å². The molecular formula is C23H36F2O2. The van der Waals surface area contributed by atoms with Gasteiger partial charge in [-0.1, -0.05) is 65.2 Å². The molecule has 0 atom stereocenters. The minimum atomic E-state index is -0.945. The Labute approximate surface area is 163 Å². The van der Waals surface area contributed by atoms with Crippen LogP contribution < -0.4 is 9.47 Å². The zero-order valence-electron chi connectivity index (χ0n) is 17.1. The normalized spacial score (nSPS) is 19.9. The van der Waals surface area contributed by atoms with Crippen LogP contribution in [0.5, 0.6) is 11.5 Å². The molecule has 0 bridgehead atoms. The van der Waals surface area contributed by atoms with Gasteiger partial charge in [0.05, 0.1) is 13.2 Å². The van der Waals surface area contributed by atoms with Crippen LogP contribution in [0, 0.1) is 23.5 Å². The zero-order chi connectivity index (χ0) is 19.5. The number of rotatable bonds is 12. The van der Waals surface area contributed by atoms with E-state index in [-0.39, 0.29) is 11.5 Å². The Kier molecular flexibility index (Phi) is 9.93. The predicted octanol–water partition coefficient (Wildman–Crippen LogP) is 7.30. The Hall–Kier alpha value is -1.32. The number of ether oxygens (including phenoxy) is 2. The molecule has 0 saturated heterocycles. The van der Waals surface area contributed by atoms with Gasteiger partial charge in [0.25, 0.3) is 0 Å². The van der Waals surface area contributed by atoms with Crippen molar-refractivity contribution in [2.45, 2.75) is 84.5 Å². The highest BCUT2D eigenvalue weighted by atomic mass is 19.2. The molecule has 0 aliphatic heterocycles. The molecule has 1 aromatic rings. The molecule has 1 aromatic carbocycles. The van der Waals surface area contributed by atoms with Crippen LogP contribution in [0.15, 0.2) is 12.1 Å². The monoisotopic (exact) mass is 382 g/mol. The molecule has 0 N–H and O–H groups in total. The lowest BCUT2D eigenvalue weighted by molar-refractivity contribution is 0.172. The molecule has 0 unspecified atom stereocenters. The summed E-state index contributed by atoms with van der Waals surface area (Å²) in [4.78, 5) is 0. The van der Waals surface area contributed by atoms with E-state index in [2.05, 4.69) is 6.92 Å². The number of hydrogen-bond acceptors (Lipinski definition) is 2. The van der Waals surface area contributed by atoms with E-state index >= 15 is 0 Å². The molecule has 2 rings (SSSR count). The van der Waals surface area contributed by atoms with Gasteiger partial charge in [0, 0.05) is 0 Å². The molecule has 0 spiro atoms. The molecule has 0 heterocycles. The molecule has 154 valence electrons. The summed E-state index contributed by atoms with van der Waals surface area (Å²) in [7, 11) is 0. The van der Waals surface area contributed by atoms with E-state index < -0.39 is 11.6 Å². The van der Waals surface area contributed by atoms with E-state index in [9.17, 15) is 8.78 Å². The minimum absolute atomic E-state index is 0.00275. The molecule has 1 fully saturated rings. The van der Waals surface area contributed by atoms with Crippen molar-refractivity contribution in [3.63, 3.8) is 0 Å². The SMILES string of the molecule is CCCCCCC1CCC(COc2ccc(OCCCC)c(F)c2F)CC1. The topological polar surface area (TPSA) is 18.5 Å². The molecule has 1 saturated carbocycles. The summed E-state index contributed by atoms with van der Waals surface area (Å²) in [6, 6.07) is 2.95. The van der Waals surface area contributed by atoms with Gasteiger partial charge in [0.15, 0.2) is 11.5 Å². The highest BCUT2D eigenvalue weighted by molar-refractivity contribution is 5.35. The fraction of sp³-hybridized carbons (Fsp3) is 0.739. The van der Waals surface area contributed by atoms with E-state index in [0.29, 0.717) is 19.1 Å². The first-order valence-electron chi connectivity index (χ1n) is 10.9. The third-order valence-electron chi connectivity index (χ3n) is 5.67. The van der Waals surface area contributed by atoms with E-state index in [1.165, 1.54) is 57.1 Å². The molecule has 0 amide bonds. The van der Waals surface area contributed by atoms with Crippen molar-refractivity contribution in [3.8, 4) is 11.5 Å². The van der Waals surface area contributed by atoms with Gasteiger partial charge < -0.3 is 9.47 Å². The van der Waals surface area contributed by atoms with Crippen molar-refractivity contribution in [1.82, 2.24) is 0 Å². The average Bonchev–Trinajstić information content (AvgIpc) is 2.69. The minimum Gasteiger partial charge on any atom is -0.490 e. The Bertz CT molecular complexity index is 539. The maximum Gasteiger partial charge on any atom is 0.204 e. The summed E-state index contributed by atoms with van der Waals surface area (Å²) in [5.41, 5.74) is 0. The van der Waals surface area contributed by atoms with Gasteiger partial charge in [-0.15, -0.1) is 0 Å². The zero-order valence-corrected chi connectivity index (χ0v) is 17.1. The van der Waals surface area contributed by atoms with Crippen LogP contribution in [0.2, 0.25) is 0 Å². The van der Waals surface area contributed by atoms with Crippen molar-refractivity contribution in [3.05, 3.63) is 23.8 Å². The van der Waals surface area contributed by atoms with Crippen molar-refractivity contribution in [2.24, 2.45) is 11.8 Å². The van der Waals surface area contributed by atoms with Crippen LogP contribution in [0.1, 0.15) is 84.5 Å². The standard InChI is InChI=1S/C23H36F2O2/c1-3-5-7-8-9-18-10-12-19(13-11-18)17-27-21-15-14-20(22(24)23(21)25)26-16-6-4-2/h14-15,18-19H,3-13,16-17H2,1-2H3. The van der Waals surface area contributed by atoms with Crippen LogP contribution in [0.25, 0.3) is 0 Å². The van der Waals surface area contributed by atoms with Crippen LogP contribution in [0.4, 0.5) is 8.78 Å². The van der Waals surface area contributed by atoms with E-state index in [1.807, 2.05) is 6.92 Å². The van der Waals surface area contributed by atoms with Gasteiger partial charge in [-0.05, 0) is 43.2 Å². The molecular weight excluding hydrogens is 346 g/mol. The number of benzene rings is 1. The smallest absolute Gasteiger partial charge is 0.204 e. The van der Waals surface area contributed by atoms with Gasteiger partial charge in [0.1, 0.15) is 0 Å². The Morgan fingerprint density at radius 2 is 1.37 bits per heavy atom. The van der Waals surface area contributed by atoms with Gasteiger partial charge in [0.2, 0.25) is 11.6 Å². The fourth-order valence-electron chi connectivity index (χ4n) is 3.82. The van der Waals surface area contributed by atoms with Crippen molar-refractivity contribution in [1.29, 1.82) is 0 Å². The second kappa shape index (κ2) is 12.2. The maximum absolute atomic E-state index is 14.2. The second-order valence-corrected chi connectivity index (χ2v) is 7.94. The second-order valence-electron chi connectivity index (χ2n) is 7.94. The van der Waals surface area contributed by atoms with Gasteiger partial charge in [-0.2, -0.15) is 8.78 Å². The first kappa shape index (κ1) is 22.0. The lowest BCUT2D eigenvalue weighted by atomic mass is 9.80. The number of halogens is 2. The summed E-state index contributed by atoms with van der Waals surface area (Å²) in [5, 5.41) is 0. The Balaban J connectivity index is 1.73. The molecule has 27 heavy (non-hydrogen) atoms. The molecule has 0 aromatic heterocycles. The summed E-state index contributed by atoms with van der Waals surface area (Å²) >= 11 is 0. The quantitative estimate of drug-likeness (QED) is 0.353. The molecule has 1 aliphatic rings. The lowest BCUT2D eigenvalue weighted by Gasteiger charge is -2.28. The van der Waals surface area contributed by atoms with Gasteiger partial charge in [-0.25, -0.2) is 0 Å². The first-order valence-corrected chi connectivity index (χ1v) is 10.9. The summed E-state index contributed by atoms with van der Waals surface area (Å²) < 4.78 is 39.2. The van der Waals surface area contributed by atoms with Gasteiger partial charge in [-0.3, -0.25) is 0 Å². The molecule has 2 nitrogen and oxygen atoms in total. The highest BCUT2D eigenvalue weighted by Gasteiger charge is 2.22.